The number of thiophene rings is 1. The Labute approximate surface area is 109 Å². The zero-order valence-corrected chi connectivity index (χ0v) is 11.4. The van der Waals surface area contributed by atoms with Crippen LogP contribution in [-0.4, -0.2) is 16.1 Å². The summed E-state index contributed by atoms with van der Waals surface area (Å²) in [7, 11) is 0. The van der Waals surface area contributed by atoms with Crippen LogP contribution in [0.25, 0.3) is 9.88 Å². The molecule has 16 heavy (non-hydrogen) atoms. The Morgan fingerprint density at radius 1 is 1.56 bits per heavy atom. The van der Waals surface area contributed by atoms with Crippen LogP contribution in [0.3, 0.4) is 0 Å². The van der Waals surface area contributed by atoms with Crippen molar-refractivity contribution in [2.45, 2.75) is 12.8 Å². The van der Waals surface area contributed by atoms with E-state index in [1.165, 1.54) is 0 Å². The molecule has 0 aliphatic heterocycles. The van der Waals surface area contributed by atoms with E-state index < -0.39 is 5.97 Å². The molecule has 1 N–H and O–H groups in total. The van der Waals surface area contributed by atoms with E-state index in [0.29, 0.717) is 6.42 Å². The Hall–Kier alpha value is -0.720. The van der Waals surface area contributed by atoms with Gasteiger partial charge in [0.05, 0.1) is 11.3 Å². The van der Waals surface area contributed by atoms with Gasteiger partial charge in [0.1, 0.15) is 9.61 Å². The molecule has 3 nitrogen and oxygen atoms in total. The minimum absolute atomic E-state index is 0.144. The largest absolute Gasteiger partial charge is 0.481 e. The van der Waals surface area contributed by atoms with Crippen molar-refractivity contribution in [1.82, 2.24) is 4.98 Å². The van der Waals surface area contributed by atoms with E-state index in [1.807, 2.05) is 17.5 Å². The van der Waals surface area contributed by atoms with Gasteiger partial charge in [-0.05, 0) is 33.8 Å². The van der Waals surface area contributed by atoms with Gasteiger partial charge >= 0.3 is 5.97 Å². The predicted octanol–water partition coefficient (Wildman–Crippen LogP) is 3.65. The normalized spacial score (nSPS) is 10.6. The van der Waals surface area contributed by atoms with Crippen LogP contribution < -0.4 is 0 Å². The van der Waals surface area contributed by atoms with Crippen molar-refractivity contribution in [3.63, 3.8) is 0 Å². The molecule has 0 aliphatic rings. The first kappa shape index (κ1) is 11.8. The first-order valence-corrected chi connectivity index (χ1v) is 7.06. The first-order valence-electron chi connectivity index (χ1n) is 4.57. The molecule has 0 atom stereocenters. The van der Waals surface area contributed by atoms with Gasteiger partial charge in [-0.25, -0.2) is 4.98 Å². The summed E-state index contributed by atoms with van der Waals surface area (Å²) in [5, 5.41) is 11.6. The molecule has 0 amide bonds. The van der Waals surface area contributed by atoms with Crippen LogP contribution in [0.5, 0.6) is 0 Å². The Kier molecular flexibility index (Phi) is 3.73. The molecule has 0 spiro atoms. The predicted molar refractivity (Wildman–Crippen MR) is 69.1 cm³/mol. The molecule has 2 rings (SSSR count). The van der Waals surface area contributed by atoms with Crippen molar-refractivity contribution < 1.29 is 9.90 Å². The van der Waals surface area contributed by atoms with Gasteiger partial charge < -0.3 is 5.11 Å². The lowest BCUT2D eigenvalue weighted by molar-refractivity contribution is -0.136. The van der Waals surface area contributed by atoms with Crippen molar-refractivity contribution in [2.75, 3.05) is 0 Å². The summed E-state index contributed by atoms with van der Waals surface area (Å²) < 4.78 is 0.766. The third kappa shape index (κ3) is 2.69. The summed E-state index contributed by atoms with van der Waals surface area (Å²) in [5.41, 5.74) is 0. The standard InChI is InChI=1S/C10H8BrNO2S2/c11-9-6(3-4-8(13)14)16-10(12-9)7-2-1-5-15-7/h1-2,5H,3-4H2,(H,13,14). The number of thiazole rings is 1. The van der Waals surface area contributed by atoms with Crippen molar-refractivity contribution in [1.29, 1.82) is 0 Å². The van der Waals surface area contributed by atoms with Gasteiger partial charge in [-0.1, -0.05) is 6.07 Å². The second-order valence-corrected chi connectivity index (χ2v) is 5.89. The van der Waals surface area contributed by atoms with Crippen LogP contribution in [0, 0.1) is 0 Å². The molecular formula is C10H8BrNO2S2. The van der Waals surface area contributed by atoms with Gasteiger partial charge in [0.2, 0.25) is 0 Å². The monoisotopic (exact) mass is 317 g/mol. The molecule has 6 heteroatoms. The highest BCUT2D eigenvalue weighted by molar-refractivity contribution is 9.10. The van der Waals surface area contributed by atoms with Gasteiger partial charge in [0.15, 0.2) is 0 Å². The van der Waals surface area contributed by atoms with Crippen LogP contribution >= 0.6 is 38.6 Å². The van der Waals surface area contributed by atoms with E-state index in [2.05, 4.69) is 20.9 Å². The smallest absolute Gasteiger partial charge is 0.303 e. The lowest BCUT2D eigenvalue weighted by Crippen LogP contribution is -1.96. The number of hydrogen-bond acceptors (Lipinski definition) is 4. The minimum atomic E-state index is -0.780. The van der Waals surface area contributed by atoms with E-state index in [9.17, 15) is 4.79 Å². The number of hydrogen-bond donors (Lipinski definition) is 1. The summed E-state index contributed by atoms with van der Waals surface area (Å²) in [6.07, 6.45) is 0.670. The quantitative estimate of drug-likeness (QED) is 0.936. The first-order chi connectivity index (χ1) is 7.66. The number of rotatable bonds is 4. The lowest BCUT2D eigenvalue weighted by Gasteiger charge is -1.91. The highest BCUT2D eigenvalue weighted by Crippen LogP contribution is 2.34. The van der Waals surface area contributed by atoms with Crippen LogP contribution in [0.1, 0.15) is 11.3 Å². The molecule has 84 valence electrons. The van der Waals surface area contributed by atoms with E-state index >= 15 is 0 Å². The Balaban J connectivity index is 2.19. The van der Waals surface area contributed by atoms with Crippen LogP contribution in [0.4, 0.5) is 0 Å². The number of aryl methyl sites for hydroxylation is 1. The number of halogens is 1. The number of carboxylic acid groups (broad SMARTS) is 1. The molecular weight excluding hydrogens is 310 g/mol. The van der Waals surface area contributed by atoms with Crippen molar-refractivity contribution in [2.24, 2.45) is 0 Å². The summed E-state index contributed by atoms with van der Waals surface area (Å²) in [4.78, 5) is 17.0. The highest BCUT2D eigenvalue weighted by atomic mass is 79.9. The SMILES string of the molecule is O=C(O)CCc1sc(-c2cccs2)nc1Br. The van der Waals surface area contributed by atoms with Gasteiger partial charge in [0, 0.05) is 4.88 Å². The molecule has 0 bridgehead atoms. The van der Waals surface area contributed by atoms with E-state index in [0.717, 1.165) is 19.4 Å². The zero-order valence-electron chi connectivity index (χ0n) is 8.14. The van der Waals surface area contributed by atoms with Crippen molar-refractivity contribution in [3.05, 3.63) is 27.0 Å². The van der Waals surface area contributed by atoms with Crippen LogP contribution in [0.15, 0.2) is 22.1 Å². The molecule has 0 saturated carbocycles. The van der Waals surface area contributed by atoms with Gasteiger partial charge in [0.25, 0.3) is 0 Å². The van der Waals surface area contributed by atoms with Crippen LogP contribution in [-0.2, 0) is 11.2 Å². The number of aliphatic carboxylic acids is 1. The number of nitrogens with zero attached hydrogens (tertiary/aromatic N) is 1. The lowest BCUT2D eigenvalue weighted by atomic mass is 10.3. The average Bonchev–Trinajstić information content (AvgIpc) is 2.83. The van der Waals surface area contributed by atoms with Gasteiger partial charge in [-0.15, -0.1) is 22.7 Å². The van der Waals surface area contributed by atoms with E-state index in [1.54, 1.807) is 22.7 Å². The second kappa shape index (κ2) is 5.07. The third-order valence-electron chi connectivity index (χ3n) is 1.95. The molecule has 0 aliphatic carbocycles. The Morgan fingerprint density at radius 2 is 2.38 bits per heavy atom. The Morgan fingerprint density at radius 3 is 3.00 bits per heavy atom. The molecule has 0 saturated heterocycles. The Bertz CT molecular complexity index is 493. The van der Waals surface area contributed by atoms with Gasteiger partial charge in [-0.3, -0.25) is 4.79 Å². The number of carbonyl (C=O) groups is 1. The fourth-order valence-electron chi connectivity index (χ4n) is 1.21. The zero-order chi connectivity index (χ0) is 11.5. The maximum Gasteiger partial charge on any atom is 0.303 e. The van der Waals surface area contributed by atoms with Gasteiger partial charge in [-0.2, -0.15) is 0 Å². The molecule has 2 aromatic rings. The fraction of sp³-hybridized carbons (Fsp3) is 0.200. The molecule has 0 unspecified atom stereocenters. The highest BCUT2D eigenvalue weighted by Gasteiger charge is 2.12. The van der Waals surface area contributed by atoms with Crippen molar-refractivity contribution >= 4 is 44.6 Å². The average molecular weight is 318 g/mol. The fourth-order valence-corrected chi connectivity index (χ4v) is 3.70. The molecule has 0 fully saturated rings. The maximum absolute atomic E-state index is 10.5. The third-order valence-corrected chi connectivity index (χ3v) is 5.02. The molecule has 0 radical (unpaired) electrons. The van der Waals surface area contributed by atoms with E-state index in [-0.39, 0.29) is 6.42 Å². The van der Waals surface area contributed by atoms with Crippen molar-refractivity contribution in [3.8, 4) is 9.88 Å². The minimum Gasteiger partial charge on any atom is -0.481 e. The summed E-state index contributed by atoms with van der Waals surface area (Å²) in [6.45, 7) is 0. The number of carboxylic acids is 1. The summed E-state index contributed by atoms with van der Waals surface area (Å²) in [6, 6.07) is 3.99. The molecule has 0 aromatic carbocycles. The summed E-state index contributed by atoms with van der Waals surface area (Å²) >= 11 is 6.55. The topological polar surface area (TPSA) is 50.2 Å². The summed E-state index contributed by atoms with van der Waals surface area (Å²) in [5.74, 6) is -0.780. The van der Waals surface area contributed by atoms with E-state index in [4.69, 9.17) is 5.11 Å². The van der Waals surface area contributed by atoms with Crippen LogP contribution in [0.2, 0.25) is 0 Å². The second-order valence-electron chi connectivity index (χ2n) is 3.10. The maximum atomic E-state index is 10.5. The molecule has 2 heterocycles. The number of aromatic nitrogens is 1. The molecule has 2 aromatic heterocycles.